The summed E-state index contributed by atoms with van der Waals surface area (Å²) in [6, 6.07) is 0. The van der Waals surface area contributed by atoms with Crippen LogP contribution in [0.5, 0.6) is 0 Å². The molecule has 1 aliphatic rings. The van der Waals surface area contributed by atoms with Gasteiger partial charge in [0, 0.05) is 26.2 Å². The third-order valence-electron chi connectivity index (χ3n) is 3.57. The van der Waals surface area contributed by atoms with Crippen molar-refractivity contribution in [3.05, 3.63) is 0 Å². The van der Waals surface area contributed by atoms with Crippen LogP contribution in [0.3, 0.4) is 0 Å². The first-order valence-corrected chi connectivity index (χ1v) is 8.33. The zero-order chi connectivity index (χ0) is 13.8. The molecule has 1 fully saturated rings. The summed E-state index contributed by atoms with van der Waals surface area (Å²) in [5.41, 5.74) is 0. The Morgan fingerprint density at radius 1 is 1.28 bits per heavy atom. The topological polar surface area (TPSA) is 57.7 Å². The number of amides is 1. The number of carbonyl (C=O) groups excluding carboxylic acids is 1. The van der Waals surface area contributed by atoms with E-state index in [0.717, 1.165) is 12.8 Å². The fraction of sp³-hybridized carbons (Fsp3) is 0.917. The van der Waals surface area contributed by atoms with Gasteiger partial charge >= 0.3 is 0 Å². The summed E-state index contributed by atoms with van der Waals surface area (Å²) in [6.07, 6.45) is 1.57. The van der Waals surface area contributed by atoms with Crippen molar-refractivity contribution in [2.24, 2.45) is 5.92 Å². The molecule has 0 N–H and O–H groups in total. The maximum Gasteiger partial charge on any atom is 0.226 e. The monoisotopic (exact) mass is 276 g/mol. The highest BCUT2D eigenvalue weighted by Gasteiger charge is 2.32. The van der Waals surface area contributed by atoms with Crippen molar-refractivity contribution in [3.63, 3.8) is 0 Å². The zero-order valence-corrected chi connectivity index (χ0v) is 12.4. The number of nitrogens with zero attached hydrogens (tertiary/aromatic N) is 2. The van der Waals surface area contributed by atoms with Crippen LogP contribution >= 0.6 is 0 Å². The summed E-state index contributed by atoms with van der Waals surface area (Å²) in [7, 11) is -3.16. The van der Waals surface area contributed by atoms with E-state index in [1.807, 2.05) is 13.8 Å². The van der Waals surface area contributed by atoms with Crippen LogP contribution in [0.1, 0.15) is 33.6 Å². The van der Waals surface area contributed by atoms with Crippen molar-refractivity contribution in [2.45, 2.75) is 33.6 Å². The van der Waals surface area contributed by atoms with Gasteiger partial charge < -0.3 is 4.90 Å². The van der Waals surface area contributed by atoms with Crippen LogP contribution < -0.4 is 0 Å². The van der Waals surface area contributed by atoms with E-state index in [1.165, 1.54) is 4.31 Å². The predicted molar refractivity (Wildman–Crippen MR) is 71.7 cm³/mol. The minimum absolute atomic E-state index is 0.0935. The molecule has 18 heavy (non-hydrogen) atoms. The van der Waals surface area contributed by atoms with E-state index in [0.29, 0.717) is 26.2 Å². The van der Waals surface area contributed by atoms with Crippen LogP contribution in [0.15, 0.2) is 0 Å². The lowest BCUT2D eigenvalue weighted by Gasteiger charge is -2.33. The molecule has 0 aromatic heterocycles. The van der Waals surface area contributed by atoms with Crippen molar-refractivity contribution < 1.29 is 13.2 Å². The highest BCUT2D eigenvalue weighted by atomic mass is 32.2. The molecule has 1 rings (SSSR count). The molecule has 0 aromatic carbocycles. The summed E-state index contributed by atoms with van der Waals surface area (Å²) >= 11 is 0. The molecule has 0 spiro atoms. The van der Waals surface area contributed by atoms with Gasteiger partial charge in [0.1, 0.15) is 0 Å². The van der Waals surface area contributed by atoms with E-state index >= 15 is 0 Å². The first-order valence-electron chi connectivity index (χ1n) is 6.72. The molecule has 1 saturated heterocycles. The van der Waals surface area contributed by atoms with Crippen molar-refractivity contribution in [1.29, 1.82) is 0 Å². The largest absolute Gasteiger partial charge is 0.343 e. The summed E-state index contributed by atoms with van der Waals surface area (Å²) in [4.78, 5) is 14.0. The van der Waals surface area contributed by atoms with Gasteiger partial charge in [-0.15, -0.1) is 0 Å². The molecule has 0 aliphatic carbocycles. The SMILES string of the molecule is CCN(CC)C(=O)C1CCCN(S(=O)(=O)CC)C1. The molecule has 5 nitrogen and oxygen atoms in total. The van der Waals surface area contributed by atoms with Crippen LogP contribution in [-0.2, 0) is 14.8 Å². The maximum absolute atomic E-state index is 12.2. The van der Waals surface area contributed by atoms with Gasteiger partial charge in [-0.2, -0.15) is 0 Å². The second-order valence-corrected chi connectivity index (χ2v) is 6.87. The van der Waals surface area contributed by atoms with Crippen LogP contribution in [0, 0.1) is 5.92 Å². The standard InChI is InChI=1S/C12H24N2O3S/c1-4-13(5-2)12(15)11-8-7-9-14(10-11)18(16,17)6-3/h11H,4-10H2,1-3H3. The lowest BCUT2D eigenvalue weighted by Crippen LogP contribution is -2.47. The molecular formula is C12H24N2O3S. The van der Waals surface area contributed by atoms with E-state index < -0.39 is 10.0 Å². The molecule has 1 atom stereocenters. The smallest absolute Gasteiger partial charge is 0.226 e. The number of sulfonamides is 1. The van der Waals surface area contributed by atoms with Gasteiger partial charge in [0.15, 0.2) is 0 Å². The summed E-state index contributed by atoms with van der Waals surface area (Å²) in [5, 5.41) is 0. The highest BCUT2D eigenvalue weighted by Crippen LogP contribution is 2.21. The molecule has 1 heterocycles. The first-order chi connectivity index (χ1) is 8.46. The van der Waals surface area contributed by atoms with Crippen LogP contribution in [0.4, 0.5) is 0 Å². The quantitative estimate of drug-likeness (QED) is 0.750. The average molecular weight is 276 g/mol. The van der Waals surface area contributed by atoms with Gasteiger partial charge in [0.05, 0.1) is 11.7 Å². The number of carbonyl (C=O) groups is 1. The minimum Gasteiger partial charge on any atom is -0.343 e. The number of piperidine rings is 1. The summed E-state index contributed by atoms with van der Waals surface area (Å²) < 4.78 is 25.1. The Morgan fingerprint density at radius 2 is 1.89 bits per heavy atom. The van der Waals surface area contributed by atoms with Gasteiger partial charge in [0.25, 0.3) is 0 Å². The van der Waals surface area contributed by atoms with Gasteiger partial charge in [-0.1, -0.05) is 0 Å². The minimum atomic E-state index is -3.16. The lowest BCUT2D eigenvalue weighted by atomic mass is 9.98. The molecule has 1 unspecified atom stereocenters. The molecule has 0 bridgehead atoms. The fourth-order valence-corrected chi connectivity index (χ4v) is 3.55. The average Bonchev–Trinajstić information content (AvgIpc) is 2.40. The first kappa shape index (κ1) is 15.4. The van der Waals surface area contributed by atoms with Crippen LogP contribution in [0.2, 0.25) is 0 Å². The Kier molecular flexibility index (Phi) is 5.59. The molecular weight excluding hydrogens is 252 g/mol. The van der Waals surface area contributed by atoms with Gasteiger partial charge in [0.2, 0.25) is 15.9 Å². The van der Waals surface area contributed by atoms with Crippen LogP contribution in [0.25, 0.3) is 0 Å². The molecule has 0 saturated carbocycles. The second-order valence-electron chi connectivity index (χ2n) is 4.61. The van der Waals surface area contributed by atoms with E-state index in [4.69, 9.17) is 0 Å². The Labute approximate surface area is 110 Å². The summed E-state index contributed by atoms with van der Waals surface area (Å²) in [5.74, 6) is 0.0371. The van der Waals surface area contributed by atoms with E-state index in [2.05, 4.69) is 0 Å². The molecule has 6 heteroatoms. The Hall–Kier alpha value is -0.620. The number of hydrogen-bond acceptors (Lipinski definition) is 3. The van der Waals surface area contributed by atoms with Gasteiger partial charge in [-0.25, -0.2) is 12.7 Å². The summed E-state index contributed by atoms with van der Waals surface area (Å²) in [6.45, 7) is 7.82. The third-order valence-corrected chi connectivity index (χ3v) is 5.41. The molecule has 1 aliphatic heterocycles. The Morgan fingerprint density at radius 3 is 2.39 bits per heavy atom. The zero-order valence-electron chi connectivity index (χ0n) is 11.6. The highest BCUT2D eigenvalue weighted by molar-refractivity contribution is 7.89. The van der Waals surface area contributed by atoms with Gasteiger partial charge in [-0.05, 0) is 33.6 Å². The maximum atomic E-state index is 12.2. The molecule has 106 valence electrons. The van der Waals surface area contributed by atoms with Crippen LogP contribution in [-0.4, -0.2) is 55.5 Å². The number of rotatable bonds is 5. The second kappa shape index (κ2) is 6.52. The molecule has 1 amide bonds. The van der Waals surface area contributed by atoms with E-state index in [-0.39, 0.29) is 17.6 Å². The van der Waals surface area contributed by atoms with E-state index in [1.54, 1.807) is 11.8 Å². The lowest BCUT2D eigenvalue weighted by molar-refractivity contribution is -0.136. The predicted octanol–water partition coefficient (Wildman–Crippen LogP) is 0.917. The Balaban J connectivity index is 2.72. The Bertz CT molecular complexity index is 377. The van der Waals surface area contributed by atoms with Crippen molar-refractivity contribution in [2.75, 3.05) is 31.9 Å². The molecule has 0 radical (unpaired) electrons. The fourth-order valence-electron chi connectivity index (χ4n) is 2.37. The van der Waals surface area contributed by atoms with Crippen molar-refractivity contribution >= 4 is 15.9 Å². The number of hydrogen-bond donors (Lipinski definition) is 0. The third kappa shape index (κ3) is 3.45. The normalized spacial score (nSPS) is 21.8. The molecule has 0 aromatic rings. The van der Waals surface area contributed by atoms with Crippen molar-refractivity contribution in [3.8, 4) is 0 Å². The van der Waals surface area contributed by atoms with E-state index in [9.17, 15) is 13.2 Å². The van der Waals surface area contributed by atoms with Gasteiger partial charge in [-0.3, -0.25) is 4.79 Å². The van der Waals surface area contributed by atoms with Crippen molar-refractivity contribution in [1.82, 2.24) is 9.21 Å².